The summed E-state index contributed by atoms with van der Waals surface area (Å²) in [4.78, 5) is 0. The minimum absolute atomic E-state index is 0.0733. The Morgan fingerprint density at radius 1 is 1.33 bits per heavy atom. The van der Waals surface area contributed by atoms with Gasteiger partial charge in [-0.3, -0.25) is 0 Å². The Balaban J connectivity index is 2.07. The second-order valence-electron chi connectivity index (χ2n) is 4.66. The topological polar surface area (TPSA) is 38.7 Å². The summed E-state index contributed by atoms with van der Waals surface area (Å²) in [6, 6.07) is 0. The normalized spacial score (nSPS) is 37.3. The molecule has 1 aliphatic carbocycles. The summed E-state index contributed by atoms with van der Waals surface area (Å²) in [7, 11) is 0. The first-order chi connectivity index (χ1) is 7.24. The van der Waals surface area contributed by atoms with Crippen LogP contribution in [0.4, 0.5) is 0 Å². The SMILES string of the molecule is C=C(CO)C1CCC(C)C1C1OCCO1. The predicted octanol–water partition coefficient (Wildman–Crippen LogP) is 1.57. The zero-order chi connectivity index (χ0) is 10.8. The first kappa shape index (κ1) is 11.1. The van der Waals surface area contributed by atoms with Crippen LogP contribution < -0.4 is 0 Å². The van der Waals surface area contributed by atoms with Crippen molar-refractivity contribution in [1.82, 2.24) is 0 Å². The molecule has 0 aromatic carbocycles. The van der Waals surface area contributed by atoms with Crippen LogP contribution in [0.25, 0.3) is 0 Å². The molecule has 86 valence electrons. The van der Waals surface area contributed by atoms with Crippen molar-refractivity contribution in [3.8, 4) is 0 Å². The van der Waals surface area contributed by atoms with E-state index >= 15 is 0 Å². The minimum Gasteiger partial charge on any atom is -0.392 e. The Labute approximate surface area is 91.1 Å². The molecular formula is C12H20O3. The Kier molecular flexibility index (Phi) is 3.44. The van der Waals surface area contributed by atoms with E-state index in [2.05, 4.69) is 13.5 Å². The van der Waals surface area contributed by atoms with Crippen molar-refractivity contribution >= 4 is 0 Å². The van der Waals surface area contributed by atoms with Gasteiger partial charge in [0.1, 0.15) is 0 Å². The highest BCUT2D eigenvalue weighted by Crippen LogP contribution is 2.44. The summed E-state index contributed by atoms with van der Waals surface area (Å²) in [5.74, 6) is 1.35. The Morgan fingerprint density at radius 3 is 2.60 bits per heavy atom. The van der Waals surface area contributed by atoms with Gasteiger partial charge < -0.3 is 14.6 Å². The number of hydrogen-bond acceptors (Lipinski definition) is 3. The Morgan fingerprint density at radius 2 is 2.00 bits per heavy atom. The van der Waals surface area contributed by atoms with Crippen LogP contribution in [-0.2, 0) is 9.47 Å². The molecule has 0 amide bonds. The first-order valence-corrected chi connectivity index (χ1v) is 5.75. The highest BCUT2D eigenvalue weighted by atomic mass is 16.7. The third-order valence-corrected chi connectivity index (χ3v) is 3.74. The third kappa shape index (κ3) is 2.10. The molecule has 0 bridgehead atoms. The molecule has 2 rings (SSSR count). The zero-order valence-electron chi connectivity index (χ0n) is 9.32. The second kappa shape index (κ2) is 4.64. The number of hydrogen-bond donors (Lipinski definition) is 1. The van der Waals surface area contributed by atoms with Gasteiger partial charge in [0.05, 0.1) is 19.8 Å². The van der Waals surface area contributed by atoms with Crippen LogP contribution in [0, 0.1) is 17.8 Å². The van der Waals surface area contributed by atoms with Crippen molar-refractivity contribution in [2.45, 2.75) is 26.1 Å². The van der Waals surface area contributed by atoms with Gasteiger partial charge in [0.15, 0.2) is 6.29 Å². The Bertz CT molecular complexity index is 233. The van der Waals surface area contributed by atoms with Crippen molar-refractivity contribution in [1.29, 1.82) is 0 Å². The summed E-state index contributed by atoms with van der Waals surface area (Å²) in [5, 5.41) is 9.16. The van der Waals surface area contributed by atoms with E-state index in [-0.39, 0.29) is 12.9 Å². The van der Waals surface area contributed by atoms with E-state index in [0.29, 0.717) is 31.0 Å². The van der Waals surface area contributed by atoms with Gasteiger partial charge in [-0.15, -0.1) is 0 Å². The highest BCUT2D eigenvalue weighted by molar-refractivity contribution is 5.07. The van der Waals surface area contributed by atoms with Crippen LogP contribution in [-0.4, -0.2) is 31.2 Å². The van der Waals surface area contributed by atoms with Crippen LogP contribution in [0.15, 0.2) is 12.2 Å². The molecule has 3 nitrogen and oxygen atoms in total. The van der Waals surface area contributed by atoms with Crippen molar-refractivity contribution in [3.05, 3.63) is 12.2 Å². The van der Waals surface area contributed by atoms with Gasteiger partial charge in [-0.05, 0) is 30.3 Å². The van der Waals surface area contributed by atoms with Crippen LogP contribution in [0.2, 0.25) is 0 Å². The molecule has 1 N–H and O–H groups in total. The molecule has 0 radical (unpaired) electrons. The van der Waals surface area contributed by atoms with E-state index in [9.17, 15) is 0 Å². The molecule has 3 atom stereocenters. The molecule has 1 saturated heterocycles. The number of aliphatic hydroxyl groups is 1. The van der Waals surface area contributed by atoms with Gasteiger partial charge in [0, 0.05) is 5.92 Å². The molecule has 2 fully saturated rings. The molecular weight excluding hydrogens is 192 g/mol. The Hall–Kier alpha value is -0.380. The molecule has 1 heterocycles. The summed E-state index contributed by atoms with van der Waals surface area (Å²) >= 11 is 0. The lowest BCUT2D eigenvalue weighted by Crippen LogP contribution is -2.30. The van der Waals surface area contributed by atoms with Gasteiger partial charge in [-0.2, -0.15) is 0 Å². The fraction of sp³-hybridized carbons (Fsp3) is 0.833. The second-order valence-corrected chi connectivity index (χ2v) is 4.66. The van der Waals surface area contributed by atoms with Gasteiger partial charge in [0.25, 0.3) is 0 Å². The summed E-state index contributed by atoms with van der Waals surface area (Å²) in [6.45, 7) is 7.67. The fourth-order valence-electron chi connectivity index (χ4n) is 2.87. The number of ether oxygens (including phenoxy) is 2. The zero-order valence-corrected chi connectivity index (χ0v) is 9.32. The standard InChI is InChI=1S/C12H20O3/c1-8-3-4-10(9(2)7-13)11(8)12-14-5-6-15-12/h8,10-13H,2-7H2,1H3. The van der Waals surface area contributed by atoms with E-state index in [0.717, 1.165) is 12.0 Å². The average molecular weight is 212 g/mol. The average Bonchev–Trinajstić information content (AvgIpc) is 2.85. The first-order valence-electron chi connectivity index (χ1n) is 5.75. The largest absolute Gasteiger partial charge is 0.392 e. The van der Waals surface area contributed by atoms with Crippen molar-refractivity contribution < 1.29 is 14.6 Å². The van der Waals surface area contributed by atoms with E-state index < -0.39 is 0 Å². The molecule has 0 aromatic rings. The summed E-state index contributed by atoms with van der Waals surface area (Å²) < 4.78 is 11.2. The molecule has 0 aromatic heterocycles. The lowest BCUT2D eigenvalue weighted by atomic mass is 9.85. The van der Waals surface area contributed by atoms with Gasteiger partial charge >= 0.3 is 0 Å². The number of aliphatic hydroxyl groups excluding tert-OH is 1. The van der Waals surface area contributed by atoms with Crippen LogP contribution in [0.3, 0.4) is 0 Å². The highest BCUT2D eigenvalue weighted by Gasteiger charge is 2.42. The van der Waals surface area contributed by atoms with Gasteiger partial charge in [0.2, 0.25) is 0 Å². The molecule has 3 unspecified atom stereocenters. The van der Waals surface area contributed by atoms with E-state index in [1.54, 1.807) is 0 Å². The smallest absolute Gasteiger partial charge is 0.161 e. The molecule has 1 aliphatic heterocycles. The van der Waals surface area contributed by atoms with Gasteiger partial charge in [-0.25, -0.2) is 0 Å². The van der Waals surface area contributed by atoms with Crippen molar-refractivity contribution in [2.75, 3.05) is 19.8 Å². The van der Waals surface area contributed by atoms with Crippen molar-refractivity contribution in [2.24, 2.45) is 17.8 Å². The lowest BCUT2D eigenvalue weighted by molar-refractivity contribution is -0.101. The maximum atomic E-state index is 9.16. The van der Waals surface area contributed by atoms with E-state index in [4.69, 9.17) is 14.6 Å². The lowest BCUT2D eigenvalue weighted by Gasteiger charge is -2.28. The molecule has 3 heteroatoms. The number of rotatable bonds is 3. The maximum Gasteiger partial charge on any atom is 0.161 e. The summed E-state index contributed by atoms with van der Waals surface area (Å²) in [6.07, 6.45) is 2.21. The minimum atomic E-state index is -0.0733. The quantitative estimate of drug-likeness (QED) is 0.722. The molecule has 0 spiro atoms. The summed E-state index contributed by atoms with van der Waals surface area (Å²) in [5.41, 5.74) is 0.934. The van der Waals surface area contributed by atoms with Crippen LogP contribution >= 0.6 is 0 Å². The molecule has 15 heavy (non-hydrogen) atoms. The van der Waals surface area contributed by atoms with E-state index in [1.165, 1.54) is 6.42 Å². The molecule has 2 aliphatic rings. The van der Waals surface area contributed by atoms with Crippen LogP contribution in [0.5, 0.6) is 0 Å². The predicted molar refractivity (Wildman–Crippen MR) is 57.3 cm³/mol. The maximum absolute atomic E-state index is 9.16. The van der Waals surface area contributed by atoms with E-state index in [1.807, 2.05) is 0 Å². The van der Waals surface area contributed by atoms with Crippen molar-refractivity contribution in [3.63, 3.8) is 0 Å². The third-order valence-electron chi connectivity index (χ3n) is 3.74. The molecule has 1 saturated carbocycles. The van der Waals surface area contributed by atoms with Gasteiger partial charge in [-0.1, -0.05) is 13.5 Å². The monoisotopic (exact) mass is 212 g/mol. The van der Waals surface area contributed by atoms with Crippen LogP contribution in [0.1, 0.15) is 19.8 Å². The fourth-order valence-corrected chi connectivity index (χ4v) is 2.87.